The number of aliphatic imine (C=N–C) groups is 1. The van der Waals surface area contributed by atoms with Crippen molar-refractivity contribution in [1.82, 2.24) is 0 Å². The van der Waals surface area contributed by atoms with Crippen molar-refractivity contribution in [2.45, 2.75) is 6.92 Å². The molecule has 0 aliphatic rings. The lowest BCUT2D eigenvalue weighted by Crippen LogP contribution is -1.99. The van der Waals surface area contributed by atoms with Gasteiger partial charge in [0.05, 0.1) is 17.1 Å². The van der Waals surface area contributed by atoms with Crippen molar-refractivity contribution in [3.05, 3.63) is 23.8 Å². The fourth-order valence-corrected chi connectivity index (χ4v) is 1.47. The van der Waals surface area contributed by atoms with Crippen LogP contribution in [0.2, 0.25) is 0 Å². The van der Waals surface area contributed by atoms with E-state index in [4.69, 9.17) is 5.73 Å². The van der Waals surface area contributed by atoms with Crippen LogP contribution in [-0.2, 0) is 0 Å². The summed E-state index contributed by atoms with van der Waals surface area (Å²) in [6.07, 6.45) is 1.70. The molecule has 0 radical (unpaired) electrons. The summed E-state index contributed by atoms with van der Waals surface area (Å²) in [5, 5.41) is 3.03. The number of nitrogens with two attached hydrogens (primary N) is 1. The van der Waals surface area contributed by atoms with Crippen molar-refractivity contribution in [2.24, 2.45) is 4.99 Å². The first-order chi connectivity index (χ1) is 6.65. The van der Waals surface area contributed by atoms with E-state index in [1.54, 1.807) is 6.08 Å². The maximum atomic E-state index is 5.93. The average molecular weight is 189 g/mol. The van der Waals surface area contributed by atoms with E-state index >= 15 is 0 Å². The van der Waals surface area contributed by atoms with Gasteiger partial charge in [0, 0.05) is 12.6 Å². The molecule has 74 valence electrons. The number of aryl methyl sites for hydroxylation is 1. The number of hydrogen-bond donors (Lipinski definition) is 2. The standard InChI is InChI=1S/C11H15N3/c1-5-8-10(12)9(13-3)6-7(2)11(8)14-4/h5-6,13H,1,4,12H2,2-3H3. The van der Waals surface area contributed by atoms with Gasteiger partial charge in [-0.15, -0.1) is 0 Å². The van der Waals surface area contributed by atoms with Gasteiger partial charge in [0.2, 0.25) is 0 Å². The topological polar surface area (TPSA) is 50.4 Å². The summed E-state index contributed by atoms with van der Waals surface area (Å²) in [4.78, 5) is 3.95. The van der Waals surface area contributed by atoms with Crippen LogP contribution in [0.3, 0.4) is 0 Å². The third-order valence-electron chi connectivity index (χ3n) is 2.20. The van der Waals surface area contributed by atoms with Crippen LogP contribution in [-0.4, -0.2) is 13.8 Å². The van der Waals surface area contributed by atoms with Crippen LogP contribution in [0.25, 0.3) is 6.08 Å². The summed E-state index contributed by atoms with van der Waals surface area (Å²) >= 11 is 0. The van der Waals surface area contributed by atoms with Crippen LogP contribution in [0.1, 0.15) is 11.1 Å². The molecule has 0 atom stereocenters. The highest BCUT2D eigenvalue weighted by Crippen LogP contribution is 2.35. The smallest absolute Gasteiger partial charge is 0.0745 e. The molecule has 0 amide bonds. The predicted molar refractivity (Wildman–Crippen MR) is 64.4 cm³/mol. The van der Waals surface area contributed by atoms with Crippen LogP contribution in [0, 0.1) is 6.92 Å². The fraction of sp³-hybridized carbons (Fsp3) is 0.182. The average Bonchev–Trinajstić information content (AvgIpc) is 2.20. The van der Waals surface area contributed by atoms with Crippen molar-refractivity contribution in [1.29, 1.82) is 0 Å². The second kappa shape index (κ2) is 3.96. The summed E-state index contributed by atoms with van der Waals surface area (Å²) < 4.78 is 0. The quantitative estimate of drug-likeness (QED) is 0.567. The molecule has 14 heavy (non-hydrogen) atoms. The van der Waals surface area contributed by atoms with E-state index in [0.717, 1.165) is 22.5 Å². The Balaban J connectivity index is 3.55. The molecule has 0 aliphatic carbocycles. The van der Waals surface area contributed by atoms with E-state index in [2.05, 4.69) is 23.6 Å². The molecule has 0 fully saturated rings. The van der Waals surface area contributed by atoms with Gasteiger partial charge in [-0.05, 0) is 25.3 Å². The Labute approximate surface area is 84.4 Å². The lowest BCUT2D eigenvalue weighted by atomic mass is 10.0. The van der Waals surface area contributed by atoms with Gasteiger partial charge in [-0.3, -0.25) is 4.99 Å². The maximum Gasteiger partial charge on any atom is 0.0745 e. The first-order valence-electron chi connectivity index (χ1n) is 4.35. The number of rotatable bonds is 3. The van der Waals surface area contributed by atoms with E-state index in [1.165, 1.54) is 0 Å². The van der Waals surface area contributed by atoms with Gasteiger partial charge >= 0.3 is 0 Å². The highest BCUT2D eigenvalue weighted by Gasteiger charge is 2.09. The summed E-state index contributed by atoms with van der Waals surface area (Å²) in [7, 11) is 1.83. The van der Waals surface area contributed by atoms with E-state index in [0.29, 0.717) is 5.69 Å². The molecule has 3 nitrogen and oxygen atoms in total. The van der Waals surface area contributed by atoms with Gasteiger partial charge in [0.15, 0.2) is 0 Å². The molecule has 0 saturated carbocycles. The SMILES string of the molecule is C=Cc1c(N)c(NC)cc(C)c1N=C. The lowest BCUT2D eigenvalue weighted by Gasteiger charge is -2.13. The number of benzene rings is 1. The molecule has 0 aliphatic heterocycles. The van der Waals surface area contributed by atoms with Crippen molar-refractivity contribution in [3.63, 3.8) is 0 Å². The Hall–Kier alpha value is -1.77. The van der Waals surface area contributed by atoms with Gasteiger partial charge in [-0.25, -0.2) is 0 Å². The normalized spacial score (nSPS) is 9.57. The number of hydrogen-bond acceptors (Lipinski definition) is 3. The summed E-state index contributed by atoms with van der Waals surface area (Å²) in [6, 6.07) is 1.95. The van der Waals surface area contributed by atoms with Crippen LogP contribution in [0.5, 0.6) is 0 Å². The minimum Gasteiger partial charge on any atom is -0.397 e. The van der Waals surface area contributed by atoms with E-state index < -0.39 is 0 Å². The van der Waals surface area contributed by atoms with Gasteiger partial charge in [0.25, 0.3) is 0 Å². The molecule has 0 aromatic heterocycles. The van der Waals surface area contributed by atoms with Crippen LogP contribution >= 0.6 is 0 Å². The molecule has 1 rings (SSSR count). The molecule has 0 heterocycles. The number of nitrogens with zero attached hydrogens (tertiary/aromatic N) is 1. The molecule has 3 N–H and O–H groups in total. The fourth-order valence-electron chi connectivity index (χ4n) is 1.47. The Morgan fingerprint density at radius 2 is 2.21 bits per heavy atom. The van der Waals surface area contributed by atoms with Gasteiger partial charge in [-0.2, -0.15) is 0 Å². The van der Waals surface area contributed by atoms with Gasteiger partial charge < -0.3 is 11.1 Å². The molecule has 0 bridgehead atoms. The Morgan fingerprint density at radius 1 is 1.57 bits per heavy atom. The Kier molecular flexibility index (Phi) is 2.92. The van der Waals surface area contributed by atoms with Crippen molar-refractivity contribution in [2.75, 3.05) is 18.1 Å². The number of nitrogen functional groups attached to an aromatic ring is 1. The van der Waals surface area contributed by atoms with E-state index in [-0.39, 0.29) is 0 Å². The maximum absolute atomic E-state index is 5.93. The Morgan fingerprint density at radius 3 is 2.64 bits per heavy atom. The molecule has 1 aromatic rings. The Bertz CT molecular complexity index is 381. The molecule has 0 unspecified atom stereocenters. The minimum absolute atomic E-state index is 0.663. The van der Waals surface area contributed by atoms with Crippen molar-refractivity contribution >= 4 is 29.9 Å². The molecule has 1 aromatic carbocycles. The van der Waals surface area contributed by atoms with Crippen molar-refractivity contribution in [3.8, 4) is 0 Å². The van der Waals surface area contributed by atoms with E-state index in [9.17, 15) is 0 Å². The highest BCUT2D eigenvalue weighted by molar-refractivity contribution is 5.86. The summed E-state index contributed by atoms with van der Waals surface area (Å²) in [5.41, 5.74) is 10.2. The van der Waals surface area contributed by atoms with Gasteiger partial charge in [0.1, 0.15) is 0 Å². The zero-order chi connectivity index (χ0) is 10.7. The summed E-state index contributed by atoms with van der Waals surface area (Å²) in [6.45, 7) is 9.21. The molecule has 0 saturated heterocycles. The third kappa shape index (κ3) is 1.48. The van der Waals surface area contributed by atoms with Crippen LogP contribution < -0.4 is 11.1 Å². The van der Waals surface area contributed by atoms with Crippen LogP contribution in [0.4, 0.5) is 17.1 Å². The third-order valence-corrected chi connectivity index (χ3v) is 2.20. The second-order valence-electron chi connectivity index (χ2n) is 3.03. The van der Waals surface area contributed by atoms with E-state index in [1.807, 2.05) is 20.0 Å². The predicted octanol–water partition coefficient (Wildman–Crippen LogP) is 2.59. The molecular weight excluding hydrogens is 174 g/mol. The molecular formula is C11H15N3. The largest absolute Gasteiger partial charge is 0.397 e. The number of anilines is 2. The van der Waals surface area contributed by atoms with Gasteiger partial charge in [-0.1, -0.05) is 12.7 Å². The number of nitrogens with one attached hydrogen (secondary N) is 1. The van der Waals surface area contributed by atoms with Crippen LogP contribution in [0.15, 0.2) is 17.6 Å². The second-order valence-corrected chi connectivity index (χ2v) is 3.03. The summed E-state index contributed by atoms with van der Waals surface area (Å²) in [5.74, 6) is 0. The minimum atomic E-state index is 0.663. The molecule has 3 heteroatoms. The van der Waals surface area contributed by atoms with Crippen molar-refractivity contribution < 1.29 is 0 Å². The first kappa shape index (κ1) is 10.3. The zero-order valence-electron chi connectivity index (χ0n) is 8.59. The lowest BCUT2D eigenvalue weighted by molar-refractivity contribution is 1.38. The molecule has 0 spiro atoms. The monoisotopic (exact) mass is 189 g/mol. The highest BCUT2D eigenvalue weighted by atomic mass is 14.9. The zero-order valence-corrected chi connectivity index (χ0v) is 8.59. The first-order valence-corrected chi connectivity index (χ1v) is 4.35.